The molecule has 2 fully saturated rings. The highest BCUT2D eigenvalue weighted by Crippen LogP contribution is 2.38. The largest absolute Gasteiger partial charge is 0.393 e. The number of amides is 1. The van der Waals surface area contributed by atoms with E-state index in [9.17, 15) is 9.90 Å². The summed E-state index contributed by atoms with van der Waals surface area (Å²) >= 11 is 0. The van der Waals surface area contributed by atoms with Gasteiger partial charge in [-0.3, -0.25) is 4.79 Å². The van der Waals surface area contributed by atoms with Gasteiger partial charge < -0.3 is 15.7 Å². The Morgan fingerprint density at radius 1 is 1.45 bits per heavy atom. The molecule has 2 heterocycles. The van der Waals surface area contributed by atoms with Crippen LogP contribution in [-0.2, 0) is 6.42 Å². The van der Waals surface area contributed by atoms with Crippen molar-refractivity contribution in [2.24, 2.45) is 11.8 Å². The number of anilines is 1. The summed E-state index contributed by atoms with van der Waals surface area (Å²) in [4.78, 5) is 18.6. The van der Waals surface area contributed by atoms with Crippen LogP contribution in [-0.4, -0.2) is 40.1 Å². The lowest BCUT2D eigenvalue weighted by atomic mass is 10.00. The Morgan fingerprint density at radius 3 is 2.95 bits per heavy atom. The second kappa shape index (κ2) is 5.05. The van der Waals surface area contributed by atoms with Crippen molar-refractivity contribution in [3.63, 3.8) is 0 Å². The maximum Gasteiger partial charge on any atom is 0.254 e. The molecular weight excluding hydrogens is 254 g/mol. The van der Waals surface area contributed by atoms with E-state index in [0.29, 0.717) is 23.8 Å². The van der Waals surface area contributed by atoms with Crippen molar-refractivity contribution in [2.75, 3.05) is 18.8 Å². The molecule has 3 rings (SSSR count). The third-order valence-corrected chi connectivity index (χ3v) is 4.61. The summed E-state index contributed by atoms with van der Waals surface area (Å²) in [7, 11) is 0. The van der Waals surface area contributed by atoms with Gasteiger partial charge in [0.1, 0.15) is 5.82 Å². The number of aryl methyl sites for hydroxylation is 1. The van der Waals surface area contributed by atoms with E-state index < -0.39 is 0 Å². The number of nitrogens with zero attached hydrogens (tertiary/aromatic N) is 2. The predicted octanol–water partition coefficient (Wildman–Crippen LogP) is 1.07. The fourth-order valence-electron chi connectivity index (χ4n) is 3.50. The number of aliphatic hydroxyl groups excluding tert-OH is 1. The van der Waals surface area contributed by atoms with Crippen LogP contribution in [0.2, 0.25) is 0 Å². The third-order valence-electron chi connectivity index (χ3n) is 4.61. The summed E-state index contributed by atoms with van der Waals surface area (Å²) in [5, 5.41) is 9.93. The maximum absolute atomic E-state index is 12.6. The number of carbonyl (C=O) groups excluding carboxylic acids is 1. The first-order valence-corrected chi connectivity index (χ1v) is 7.32. The summed E-state index contributed by atoms with van der Waals surface area (Å²) in [5.41, 5.74) is 7.22. The number of carbonyl (C=O) groups is 1. The zero-order valence-corrected chi connectivity index (χ0v) is 11.7. The highest BCUT2D eigenvalue weighted by atomic mass is 16.3. The first-order valence-electron chi connectivity index (χ1n) is 7.32. The second-order valence-electron chi connectivity index (χ2n) is 5.90. The zero-order chi connectivity index (χ0) is 14.3. The van der Waals surface area contributed by atoms with Crippen LogP contribution in [0, 0.1) is 11.8 Å². The van der Waals surface area contributed by atoms with Crippen molar-refractivity contribution in [3.8, 4) is 0 Å². The molecule has 1 saturated heterocycles. The number of nitrogen functional groups attached to an aromatic ring is 1. The van der Waals surface area contributed by atoms with Crippen LogP contribution < -0.4 is 5.73 Å². The molecule has 5 nitrogen and oxygen atoms in total. The lowest BCUT2D eigenvalue weighted by Gasteiger charge is -2.19. The number of pyridine rings is 1. The molecule has 3 unspecified atom stereocenters. The van der Waals surface area contributed by atoms with Crippen molar-refractivity contribution in [1.29, 1.82) is 0 Å². The highest BCUT2D eigenvalue weighted by Gasteiger charge is 2.43. The molecular formula is C15H21N3O2. The molecule has 0 radical (unpaired) electrons. The van der Waals surface area contributed by atoms with Gasteiger partial charge in [-0.05, 0) is 37.3 Å². The summed E-state index contributed by atoms with van der Waals surface area (Å²) in [6.45, 7) is 3.41. The third kappa shape index (κ3) is 2.26. The highest BCUT2D eigenvalue weighted by molar-refractivity contribution is 5.95. The fraction of sp³-hybridized carbons (Fsp3) is 0.600. The normalized spacial score (nSPS) is 28.7. The predicted molar refractivity (Wildman–Crippen MR) is 76.2 cm³/mol. The van der Waals surface area contributed by atoms with Gasteiger partial charge in [-0.2, -0.15) is 0 Å². The Labute approximate surface area is 118 Å². The van der Waals surface area contributed by atoms with Crippen molar-refractivity contribution >= 4 is 11.7 Å². The molecule has 0 spiro atoms. The molecule has 3 atom stereocenters. The van der Waals surface area contributed by atoms with E-state index in [0.717, 1.165) is 31.5 Å². The Bertz CT molecular complexity index is 532. The van der Waals surface area contributed by atoms with Gasteiger partial charge in [-0.15, -0.1) is 0 Å². The van der Waals surface area contributed by atoms with E-state index in [-0.39, 0.29) is 17.9 Å². The van der Waals surface area contributed by atoms with E-state index in [1.165, 1.54) is 0 Å². The molecule has 1 aliphatic heterocycles. The Hall–Kier alpha value is -1.62. The Kier molecular flexibility index (Phi) is 3.38. The van der Waals surface area contributed by atoms with Gasteiger partial charge in [-0.1, -0.05) is 6.92 Å². The van der Waals surface area contributed by atoms with Crippen LogP contribution >= 0.6 is 0 Å². The van der Waals surface area contributed by atoms with Gasteiger partial charge in [0.2, 0.25) is 0 Å². The molecule has 20 heavy (non-hydrogen) atoms. The second-order valence-corrected chi connectivity index (χ2v) is 5.90. The molecule has 5 heteroatoms. The quantitative estimate of drug-likeness (QED) is 0.846. The summed E-state index contributed by atoms with van der Waals surface area (Å²) in [6, 6.07) is 3.47. The number of fused-ring (bicyclic) bond motifs is 1. The number of aliphatic hydroxyl groups is 1. The van der Waals surface area contributed by atoms with Gasteiger partial charge in [0, 0.05) is 30.3 Å². The summed E-state index contributed by atoms with van der Waals surface area (Å²) in [6.07, 6.45) is 2.41. The smallest absolute Gasteiger partial charge is 0.254 e. The Morgan fingerprint density at radius 2 is 2.25 bits per heavy atom. The molecule has 1 aromatic rings. The number of likely N-dealkylation sites (tertiary alicyclic amines) is 1. The number of nitrogens with two attached hydrogens (primary N) is 1. The standard InChI is InChI=1S/C15H21N3O2/c1-2-11-5-10(6-14(16)17-11)15(20)18-7-9-3-4-13(19)12(9)8-18/h5-6,9,12-13,19H,2-4,7-8H2,1H3,(H2,16,17). The van der Waals surface area contributed by atoms with E-state index >= 15 is 0 Å². The topological polar surface area (TPSA) is 79.5 Å². The summed E-state index contributed by atoms with van der Waals surface area (Å²) in [5.74, 6) is 1.12. The van der Waals surface area contributed by atoms with Crippen LogP contribution in [0.4, 0.5) is 5.82 Å². The molecule has 1 saturated carbocycles. The lowest BCUT2D eigenvalue weighted by molar-refractivity contribution is 0.0752. The monoisotopic (exact) mass is 275 g/mol. The van der Waals surface area contributed by atoms with E-state index in [1.807, 2.05) is 17.9 Å². The minimum Gasteiger partial charge on any atom is -0.393 e. The van der Waals surface area contributed by atoms with E-state index in [2.05, 4.69) is 4.98 Å². The van der Waals surface area contributed by atoms with E-state index in [1.54, 1.807) is 6.07 Å². The van der Waals surface area contributed by atoms with Crippen molar-refractivity contribution in [2.45, 2.75) is 32.3 Å². The van der Waals surface area contributed by atoms with Crippen LogP contribution in [0.1, 0.15) is 35.8 Å². The van der Waals surface area contributed by atoms with E-state index in [4.69, 9.17) is 5.73 Å². The van der Waals surface area contributed by atoms with Crippen LogP contribution in [0.3, 0.4) is 0 Å². The first kappa shape index (κ1) is 13.4. The SMILES string of the molecule is CCc1cc(C(=O)N2CC3CCC(O)C3C2)cc(N)n1. The molecule has 108 valence electrons. The first-order chi connectivity index (χ1) is 9.58. The molecule has 1 aromatic heterocycles. The lowest BCUT2D eigenvalue weighted by Crippen LogP contribution is -2.31. The van der Waals surface area contributed by atoms with Gasteiger partial charge in [0.05, 0.1) is 6.10 Å². The average Bonchev–Trinajstić information content (AvgIpc) is 3.00. The number of hydrogen-bond acceptors (Lipinski definition) is 4. The van der Waals surface area contributed by atoms with Crippen LogP contribution in [0.25, 0.3) is 0 Å². The minimum atomic E-state index is -0.244. The van der Waals surface area contributed by atoms with Crippen LogP contribution in [0.5, 0.6) is 0 Å². The minimum absolute atomic E-state index is 0.00963. The van der Waals surface area contributed by atoms with Crippen molar-refractivity contribution < 1.29 is 9.90 Å². The van der Waals surface area contributed by atoms with Crippen molar-refractivity contribution in [3.05, 3.63) is 23.4 Å². The van der Waals surface area contributed by atoms with Gasteiger partial charge in [-0.25, -0.2) is 4.98 Å². The Balaban J connectivity index is 1.78. The number of aromatic nitrogens is 1. The van der Waals surface area contributed by atoms with Crippen molar-refractivity contribution in [1.82, 2.24) is 9.88 Å². The molecule has 1 amide bonds. The van der Waals surface area contributed by atoms with Gasteiger partial charge in [0.15, 0.2) is 0 Å². The maximum atomic E-state index is 12.6. The number of hydrogen-bond donors (Lipinski definition) is 2. The summed E-state index contributed by atoms with van der Waals surface area (Å²) < 4.78 is 0. The molecule has 0 bridgehead atoms. The molecule has 3 N–H and O–H groups in total. The molecule has 2 aliphatic rings. The fourth-order valence-corrected chi connectivity index (χ4v) is 3.50. The average molecular weight is 275 g/mol. The number of rotatable bonds is 2. The van der Waals surface area contributed by atoms with Gasteiger partial charge >= 0.3 is 0 Å². The zero-order valence-electron chi connectivity index (χ0n) is 11.7. The van der Waals surface area contributed by atoms with Gasteiger partial charge in [0.25, 0.3) is 5.91 Å². The van der Waals surface area contributed by atoms with Crippen LogP contribution in [0.15, 0.2) is 12.1 Å². The molecule has 1 aliphatic carbocycles. The molecule has 0 aromatic carbocycles.